The molecule has 5 heteroatoms. The summed E-state index contributed by atoms with van der Waals surface area (Å²) < 4.78 is 1.78. The maximum atomic E-state index is 10.4. The first kappa shape index (κ1) is 14.1. The predicted molar refractivity (Wildman–Crippen MR) is 87.1 cm³/mol. The summed E-state index contributed by atoms with van der Waals surface area (Å²) in [6, 6.07) is 12.1. The van der Waals surface area contributed by atoms with Crippen LogP contribution in [0.25, 0.3) is 11.1 Å². The van der Waals surface area contributed by atoms with Crippen LogP contribution >= 0.6 is 0 Å². The number of aliphatic hydroxyl groups excluding tert-OH is 1. The summed E-state index contributed by atoms with van der Waals surface area (Å²) in [6.45, 7) is 1.38. The van der Waals surface area contributed by atoms with E-state index in [0.29, 0.717) is 6.54 Å². The molecule has 1 aliphatic rings. The first-order chi connectivity index (χ1) is 11.2. The van der Waals surface area contributed by atoms with E-state index in [1.54, 1.807) is 4.68 Å². The van der Waals surface area contributed by atoms with Gasteiger partial charge >= 0.3 is 0 Å². The van der Waals surface area contributed by atoms with Gasteiger partial charge in [0.1, 0.15) is 6.23 Å². The van der Waals surface area contributed by atoms with Crippen molar-refractivity contribution in [1.29, 1.82) is 0 Å². The van der Waals surface area contributed by atoms with Crippen LogP contribution in [0.5, 0.6) is 0 Å². The third kappa shape index (κ3) is 2.65. The van der Waals surface area contributed by atoms with Crippen molar-refractivity contribution < 1.29 is 5.11 Å². The number of hydrogen-bond donors (Lipinski definition) is 1. The maximum Gasteiger partial charge on any atom is 0.134 e. The van der Waals surface area contributed by atoms with E-state index in [1.807, 2.05) is 54.8 Å². The van der Waals surface area contributed by atoms with Gasteiger partial charge in [-0.2, -0.15) is 5.10 Å². The highest BCUT2D eigenvalue weighted by Gasteiger charge is 2.27. The van der Waals surface area contributed by atoms with E-state index in [1.165, 1.54) is 5.56 Å². The molecule has 1 N–H and O–H groups in total. The van der Waals surface area contributed by atoms with Crippen molar-refractivity contribution >= 4 is 0 Å². The summed E-state index contributed by atoms with van der Waals surface area (Å²) >= 11 is 0. The van der Waals surface area contributed by atoms with Crippen molar-refractivity contribution in [2.24, 2.45) is 7.05 Å². The Balaban J connectivity index is 1.50. The van der Waals surface area contributed by atoms with Crippen molar-refractivity contribution in [1.82, 2.24) is 19.7 Å². The SMILES string of the molecule is Cn1cc(-c2ccc(CN3Cc4ccccc4C3O)nc2)cn1. The minimum Gasteiger partial charge on any atom is -0.374 e. The van der Waals surface area contributed by atoms with Crippen LogP contribution in [-0.2, 0) is 20.1 Å². The van der Waals surface area contributed by atoms with Gasteiger partial charge < -0.3 is 5.11 Å². The summed E-state index contributed by atoms with van der Waals surface area (Å²) in [5, 5.41) is 14.6. The largest absolute Gasteiger partial charge is 0.374 e. The van der Waals surface area contributed by atoms with Gasteiger partial charge in [-0.3, -0.25) is 14.6 Å². The summed E-state index contributed by atoms with van der Waals surface area (Å²) in [7, 11) is 1.90. The standard InChI is InChI=1S/C18H18N4O/c1-21-10-15(9-20-21)13-6-7-16(19-8-13)12-22-11-14-4-2-3-5-17(14)18(22)23/h2-10,18,23H,11-12H2,1H3. The number of fused-ring (bicyclic) bond motifs is 1. The number of aliphatic hydroxyl groups is 1. The molecule has 5 nitrogen and oxygen atoms in total. The van der Waals surface area contributed by atoms with E-state index >= 15 is 0 Å². The van der Waals surface area contributed by atoms with Gasteiger partial charge in [-0.25, -0.2) is 0 Å². The number of pyridine rings is 1. The van der Waals surface area contributed by atoms with Crippen molar-refractivity contribution in [3.05, 3.63) is 71.8 Å². The van der Waals surface area contributed by atoms with Crippen molar-refractivity contribution in [3.8, 4) is 11.1 Å². The van der Waals surface area contributed by atoms with Crippen LogP contribution in [0.2, 0.25) is 0 Å². The molecule has 1 aliphatic heterocycles. The van der Waals surface area contributed by atoms with Gasteiger partial charge in [0, 0.05) is 43.7 Å². The quantitative estimate of drug-likeness (QED) is 0.808. The van der Waals surface area contributed by atoms with Gasteiger partial charge in [-0.15, -0.1) is 0 Å². The molecular formula is C18H18N4O. The zero-order chi connectivity index (χ0) is 15.8. The van der Waals surface area contributed by atoms with Crippen LogP contribution in [-0.4, -0.2) is 24.8 Å². The molecule has 3 aromatic rings. The molecule has 116 valence electrons. The second-order valence-electron chi connectivity index (χ2n) is 5.92. The fourth-order valence-electron chi connectivity index (χ4n) is 3.04. The zero-order valence-corrected chi connectivity index (χ0v) is 12.9. The summed E-state index contributed by atoms with van der Waals surface area (Å²) in [5.74, 6) is 0. The Labute approximate surface area is 134 Å². The third-order valence-corrected chi connectivity index (χ3v) is 4.28. The van der Waals surface area contributed by atoms with Gasteiger partial charge in [0.2, 0.25) is 0 Å². The number of benzene rings is 1. The van der Waals surface area contributed by atoms with Crippen LogP contribution in [0.15, 0.2) is 55.0 Å². The molecule has 1 unspecified atom stereocenters. The highest BCUT2D eigenvalue weighted by atomic mass is 16.3. The second kappa shape index (κ2) is 5.61. The van der Waals surface area contributed by atoms with E-state index in [9.17, 15) is 5.11 Å². The lowest BCUT2D eigenvalue weighted by atomic mass is 10.1. The molecule has 23 heavy (non-hydrogen) atoms. The van der Waals surface area contributed by atoms with Crippen molar-refractivity contribution in [3.63, 3.8) is 0 Å². The number of rotatable bonds is 3. The molecule has 0 amide bonds. The number of hydrogen-bond acceptors (Lipinski definition) is 4. The number of aryl methyl sites for hydroxylation is 1. The van der Waals surface area contributed by atoms with Crippen LogP contribution in [0.3, 0.4) is 0 Å². The van der Waals surface area contributed by atoms with Gasteiger partial charge in [0.05, 0.1) is 11.9 Å². The number of nitrogens with zero attached hydrogens (tertiary/aromatic N) is 4. The van der Waals surface area contributed by atoms with Gasteiger partial charge in [-0.05, 0) is 17.2 Å². The van der Waals surface area contributed by atoms with Crippen LogP contribution in [0.4, 0.5) is 0 Å². The fraction of sp³-hybridized carbons (Fsp3) is 0.222. The van der Waals surface area contributed by atoms with Crippen LogP contribution in [0.1, 0.15) is 23.0 Å². The molecule has 0 fully saturated rings. The van der Waals surface area contributed by atoms with Crippen LogP contribution in [0, 0.1) is 0 Å². The number of aromatic nitrogens is 3. The van der Waals surface area contributed by atoms with Gasteiger partial charge in [0.15, 0.2) is 0 Å². The molecule has 0 aliphatic carbocycles. The Bertz CT molecular complexity index is 825. The minimum atomic E-state index is -0.550. The normalized spacial score (nSPS) is 17.4. The lowest BCUT2D eigenvalue weighted by Gasteiger charge is -2.19. The third-order valence-electron chi connectivity index (χ3n) is 4.28. The lowest BCUT2D eigenvalue weighted by molar-refractivity contribution is 0.00689. The first-order valence-electron chi connectivity index (χ1n) is 7.64. The summed E-state index contributed by atoms with van der Waals surface area (Å²) in [6.07, 6.45) is 5.11. The Morgan fingerprint density at radius 1 is 1.13 bits per heavy atom. The van der Waals surface area contributed by atoms with Gasteiger partial charge in [-0.1, -0.05) is 30.3 Å². The molecule has 1 atom stereocenters. The zero-order valence-electron chi connectivity index (χ0n) is 12.9. The molecule has 0 bridgehead atoms. The fourth-order valence-corrected chi connectivity index (χ4v) is 3.04. The Kier molecular flexibility index (Phi) is 3.44. The monoisotopic (exact) mass is 306 g/mol. The highest BCUT2D eigenvalue weighted by molar-refractivity contribution is 5.60. The first-order valence-corrected chi connectivity index (χ1v) is 7.64. The molecule has 4 rings (SSSR count). The molecule has 0 saturated heterocycles. The van der Waals surface area contributed by atoms with E-state index in [-0.39, 0.29) is 0 Å². The topological polar surface area (TPSA) is 54.2 Å². The van der Waals surface area contributed by atoms with Crippen LogP contribution < -0.4 is 0 Å². The molecular weight excluding hydrogens is 288 g/mol. The van der Waals surface area contributed by atoms with E-state index in [4.69, 9.17) is 0 Å². The average molecular weight is 306 g/mol. The minimum absolute atomic E-state index is 0.550. The predicted octanol–water partition coefficient (Wildman–Crippen LogP) is 2.49. The Hall–Kier alpha value is -2.50. The molecule has 2 aromatic heterocycles. The van der Waals surface area contributed by atoms with E-state index in [0.717, 1.165) is 28.9 Å². The highest BCUT2D eigenvalue weighted by Crippen LogP contribution is 2.32. The van der Waals surface area contributed by atoms with E-state index < -0.39 is 6.23 Å². The Morgan fingerprint density at radius 3 is 2.70 bits per heavy atom. The second-order valence-corrected chi connectivity index (χ2v) is 5.92. The van der Waals surface area contributed by atoms with E-state index in [2.05, 4.69) is 22.2 Å². The summed E-state index contributed by atoms with van der Waals surface area (Å²) in [4.78, 5) is 6.56. The Morgan fingerprint density at radius 2 is 2.00 bits per heavy atom. The maximum absolute atomic E-state index is 10.4. The van der Waals surface area contributed by atoms with Crippen molar-refractivity contribution in [2.45, 2.75) is 19.3 Å². The molecule has 0 saturated carbocycles. The molecule has 0 radical (unpaired) electrons. The molecule has 0 spiro atoms. The average Bonchev–Trinajstić information content (AvgIpc) is 3.13. The van der Waals surface area contributed by atoms with Gasteiger partial charge in [0.25, 0.3) is 0 Å². The molecule has 1 aromatic carbocycles. The lowest BCUT2D eigenvalue weighted by Crippen LogP contribution is -2.21. The molecule has 3 heterocycles. The summed E-state index contributed by atoms with van der Waals surface area (Å²) in [5.41, 5.74) is 5.24. The van der Waals surface area contributed by atoms with Crippen molar-refractivity contribution in [2.75, 3.05) is 0 Å². The smallest absolute Gasteiger partial charge is 0.134 e.